The molecule has 2 aromatic heterocycles. The lowest BCUT2D eigenvalue weighted by atomic mass is 10.3. The van der Waals surface area contributed by atoms with E-state index < -0.39 is 0 Å². The molecule has 0 bridgehead atoms. The lowest BCUT2D eigenvalue weighted by molar-refractivity contribution is 0.102. The van der Waals surface area contributed by atoms with Crippen molar-refractivity contribution in [3.8, 4) is 0 Å². The molecule has 0 radical (unpaired) electrons. The Kier molecular flexibility index (Phi) is 3.21. The van der Waals surface area contributed by atoms with Crippen molar-refractivity contribution in [2.24, 2.45) is 7.05 Å². The number of carbonyl (C=O) groups is 1. The van der Waals surface area contributed by atoms with Crippen molar-refractivity contribution in [3.05, 3.63) is 26.5 Å². The number of hydrogen-bond donors (Lipinski definition) is 2. The second kappa shape index (κ2) is 4.50. The van der Waals surface area contributed by atoms with Crippen molar-refractivity contribution in [2.75, 3.05) is 11.1 Å². The van der Waals surface area contributed by atoms with Gasteiger partial charge >= 0.3 is 0 Å². The number of halogens is 1. The third kappa shape index (κ3) is 2.20. The van der Waals surface area contributed by atoms with E-state index in [1.165, 1.54) is 11.3 Å². The summed E-state index contributed by atoms with van der Waals surface area (Å²) in [5.74, 6) is 0.328. The first-order chi connectivity index (χ1) is 8.00. The predicted octanol–water partition coefficient (Wildman–Crippen LogP) is 2.39. The first-order valence-corrected chi connectivity index (χ1v) is 6.51. The molecule has 0 saturated carbocycles. The van der Waals surface area contributed by atoms with Gasteiger partial charge < -0.3 is 11.1 Å². The largest absolute Gasteiger partial charge is 0.394 e. The summed E-state index contributed by atoms with van der Waals surface area (Å²) in [4.78, 5) is 12.6. The number of amides is 1. The SMILES string of the molecule is Cc1nn(C)c(NC(=O)c2sccc2Br)c1N. The van der Waals surface area contributed by atoms with Gasteiger partial charge in [0.05, 0.1) is 11.4 Å². The summed E-state index contributed by atoms with van der Waals surface area (Å²) in [6.45, 7) is 1.80. The third-order valence-corrected chi connectivity index (χ3v) is 4.16. The van der Waals surface area contributed by atoms with Crippen molar-refractivity contribution >= 4 is 44.7 Å². The van der Waals surface area contributed by atoms with Crippen LogP contribution in [0, 0.1) is 6.92 Å². The maximum atomic E-state index is 12.0. The van der Waals surface area contributed by atoms with Gasteiger partial charge in [-0.25, -0.2) is 0 Å². The van der Waals surface area contributed by atoms with Crippen LogP contribution in [0.25, 0.3) is 0 Å². The molecule has 0 aliphatic heterocycles. The quantitative estimate of drug-likeness (QED) is 0.894. The molecular weight excluding hydrogens is 304 g/mol. The molecule has 0 spiro atoms. The molecule has 17 heavy (non-hydrogen) atoms. The molecule has 90 valence electrons. The number of nitrogens with one attached hydrogen (secondary N) is 1. The summed E-state index contributed by atoms with van der Waals surface area (Å²) in [7, 11) is 1.74. The summed E-state index contributed by atoms with van der Waals surface area (Å²) >= 11 is 4.68. The molecule has 0 aliphatic carbocycles. The molecule has 5 nitrogen and oxygen atoms in total. The van der Waals surface area contributed by atoms with Crippen molar-refractivity contribution in [1.29, 1.82) is 0 Å². The van der Waals surface area contributed by atoms with E-state index >= 15 is 0 Å². The molecule has 1 amide bonds. The maximum Gasteiger partial charge on any atom is 0.268 e. The van der Waals surface area contributed by atoms with Crippen LogP contribution in [-0.4, -0.2) is 15.7 Å². The van der Waals surface area contributed by atoms with Crippen LogP contribution < -0.4 is 11.1 Å². The minimum atomic E-state index is -0.193. The molecule has 0 atom stereocenters. The summed E-state index contributed by atoms with van der Waals surface area (Å²) in [5, 5.41) is 8.74. The fourth-order valence-corrected chi connectivity index (χ4v) is 2.89. The Balaban J connectivity index is 2.28. The lowest BCUT2D eigenvalue weighted by Gasteiger charge is -2.05. The Morgan fingerprint density at radius 1 is 1.65 bits per heavy atom. The molecule has 2 rings (SSSR count). The summed E-state index contributed by atoms with van der Waals surface area (Å²) in [6.07, 6.45) is 0. The normalized spacial score (nSPS) is 10.5. The number of rotatable bonds is 2. The smallest absolute Gasteiger partial charge is 0.268 e. The number of nitrogen functional groups attached to an aromatic ring is 1. The fourth-order valence-electron chi connectivity index (χ4n) is 1.44. The number of hydrogen-bond acceptors (Lipinski definition) is 4. The Hall–Kier alpha value is -1.34. The Bertz CT molecular complexity index is 575. The Morgan fingerprint density at radius 2 is 2.35 bits per heavy atom. The van der Waals surface area contributed by atoms with Gasteiger partial charge in [-0.2, -0.15) is 5.10 Å². The maximum absolute atomic E-state index is 12.0. The van der Waals surface area contributed by atoms with Gasteiger partial charge in [-0.1, -0.05) is 0 Å². The van der Waals surface area contributed by atoms with Crippen LogP contribution in [0.1, 0.15) is 15.4 Å². The monoisotopic (exact) mass is 314 g/mol. The molecule has 0 aliphatic rings. The average molecular weight is 315 g/mol. The van der Waals surface area contributed by atoms with E-state index in [1.807, 2.05) is 11.4 Å². The first kappa shape index (κ1) is 12.1. The van der Waals surface area contributed by atoms with Crippen molar-refractivity contribution in [3.63, 3.8) is 0 Å². The van der Waals surface area contributed by atoms with Crippen LogP contribution in [0.4, 0.5) is 11.5 Å². The van der Waals surface area contributed by atoms with Gasteiger partial charge in [0.25, 0.3) is 5.91 Å². The van der Waals surface area contributed by atoms with E-state index in [1.54, 1.807) is 18.7 Å². The summed E-state index contributed by atoms with van der Waals surface area (Å²) in [6, 6.07) is 1.83. The van der Waals surface area contributed by atoms with Gasteiger partial charge in [0, 0.05) is 11.5 Å². The summed E-state index contributed by atoms with van der Waals surface area (Å²) < 4.78 is 2.34. The number of aromatic nitrogens is 2. The van der Waals surface area contributed by atoms with Crippen molar-refractivity contribution < 1.29 is 4.79 Å². The van der Waals surface area contributed by atoms with E-state index in [9.17, 15) is 4.79 Å². The van der Waals surface area contributed by atoms with Gasteiger partial charge in [0.2, 0.25) is 0 Å². The van der Waals surface area contributed by atoms with E-state index in [0.717, 1.165) is 4.47 Å². The van der Waals surface area contributed by atoms with E-state index in [-0.39, 0.29) is 5.91 Å². The molecule has 2 aromatic rings. The van der Waals surface area contributed by atoms with Crippen LogP contribution in [0.15, 0.2) is 15.9 Å². The Morgan fingerprint density at radius 3 is 2.82 bits per heavy atom. The van der Waals surface area contributed by atoms with Crippen LogP contribution in [0.2, 0.25) is 0 Å². The highest BCUT2D eigenvalue weighted by Gasteiger charge is 2.16. The predicted molar refractivity (Wildman–Crippen MR) is 72.3 cm³/mol. The zero-order valence-electron chi connectivity index (χ0n) is 9.32. The van der Waals surface area contributed by atoms with E-state index in [0.29, 0.717) is 22.1 Å². The highest BCUT2D eigenvalue weighted by Crippen LogP contribution is 2.26. The third-order valence-electron chi connectivity index (χ3n) is 2.32. The topological polar surface area (TPSA) is 72.9 Å². The number of carbonyl (C=O) groups excluding carboxylic acids is 1. The zero-order chi connectivity index (χ0) is 12.6. The van der Waals surface area contributed by atoms with Gasteiger partial charge in [-0.05, 0) is 34.3 Å². The number of anilines is 2. The molecule has 0 fully saturated rings. The molecule has 7 heteroatoms. The second-order valence-corrected chi connectivity index (χ2v) is 5.29. The molecule has 2 heterocycles. The van der Waals surface area contributed by atoms with E-state index in [4.69, 9.17) is 5.73 Å². The first-order valence-electron chi connectivity index (χ1n) is 4.84. The number of aryl methyl sites for hydroxylation is 2. The molecule has 0 aromatic carbocycles. The van der Waals surface area contributed by atoms with Gasteiger partial charge in [-0.15, -0.1) is 11.3 Å². The molecular formula is C10H11BrN4OS. The highest BCUT2D eigenvalue weighted by atomic mass is 79.9. The Labute approximate surface area is 111 Å². The number of nitrogens with two attached hydrogens (primary N) is 1. The van der Waals surface area contributed by atoms with E-state index in [2.05, 4.69) is 26.3 Å². The molecule has 0 saturated heterocycles. The number of thiophene rings is 1. The lowest BCUT2D eigenvalue weighted by Crippen LogP contribution is -2.14. The average Bonchev–Trinajstić information content (AvgIpc) is 2.78. The minimum absolute atomic E-state index is 0.193. The van der Waals surface area contributed by atoms with Gasteiger partial charge in [0.15, 0.2) is 5.82 Å². The fraction of sp³-hybridized carbons (Fsp3) is 0.200. The van der Waals surface area contributed by atoms with Gasteiger partial charge in [0.1, 0.15) is 4.88 Å². The summed E-state index contributed by atoms with van der Waals surface area (Å²) in [5.41, 5.74) is 7.03. The van der Waals surface area contributed by atoms with Crippen LogP contribution in [0.3, 0.4) is 0 Å². The number of nitrogens with zero attached hydrogens (tertiary/aromatic N) is 2. The van der Waals surface area contributed by atoms with Crippen molar-refractivity contribution in [1.82, 2.24) is 9.78 Å². The van der Waals surface area contributed by atoms with Crippen LogP contribution >= 0.6 is 27.3 Å². The van der Waals surface area contributed by atoms with Gasteiger partial charge in [-0.3, -0.25) is 9.48 Å². The molecule has 3 N–H and O–H groups in total. The zero-order valence-corrected chi connectivity index (χ0v) is 11.7. The molecule has 0 unspecified atom stereocenters. The van der Waals surface area contributed by atoms with Crippen LogP contribution in [-0.2, 0) is 7.05 Å². The van der Waals surface area contributed by atoms with Crippen molar-refractivity contribution in [2.45, 2.75) is 6.92 Å². The van der Waals surface area contributed by atoms with Crippen LogP contribution in [0.5, 0.6) is 0 Å². The minimum Gasteiger partial charge on any atom is -0.394 e. The standard InChI is InChI=1S/C10H11BrN4OS/c1-5-7(12)9(15(2)14-5)13-10(16)8-6(11)3-4-17-8/h3-4H,12H2,1-2H3,(H,13,16). The second-order valence-electron chi connectivity index (χ2n) is 3.52. The highest BCUT2D eigenvalue weighted by molar-refractivity contribution is 9.10.